The Kier molecular flexibility index (Phi) is 13.5. The molecule has 0 saturated carbocycles. The summed E-state index contributed by atoms with van der Waals surface area (Å²) < 4.78 is 10.4. The van der Waals surface area contributed by atoms with Crippen LogP contribution in [-0.4, -0.2) is 42.3 Å². The largest absolute Gasteiger partial charge is 0.444 e. The standard InChI is InChI=1S/C27H38N2O2.C8H10O/c1-8-23(24-14-10-9-11-15-24)17-16-20(2)19-25(28-26(30)31-27(5,6)7)22(4)29-18-12-13-21(29)3;1-9-7-8-5-3-2-4-6-8/h8-11,14-17,21,25H,1,4,12-13,18-19H2,2-3,5-7H3,(H,28,30);2-6H,7H2,1H3/b20-16+,23-17+;/t21-,25+;/m1./s1. The number of nitrogens with zero attached hydrogens (tertiary/aromatic N) is 1. The molecule has 1 aliphatic rings. The molecule has 0 aliphatic carbocycles. The van der Waals surface area contributed by atoms with Gasteiger partial charge in [0.25, 0.3) is 0 Å². The minimum atomic E-state index is -0.543. The van der Waals surface area contributed by atoms with Crippen LogP contribution in [-0.2, 0) is 16.1 Å². The molecule has 0 unspecified atom stereocenters. The second-order valence-corrected chi connectivity index (χ2v) is 11.2. The van der Waals surface area contributed by atoms with E-state index in [1.807, 2.05) is 75.4 Å². The SMILES string of the molecule is C=C/C(=C\C=C(/C)C[C@H](NC(=O)OC(C)(C)C)C(=C)N1CCC[C@H]1C)c1ccccc1.COCc1ccccc1. The molecule has 216 valence electrons. The lowest BCUT2D eigenvalue weighted by molar-refractivity contribution is 0.0504. The van der Waals surface area contributed by atoms with Gasteiger partial charge in [0, 0.05) is 25.4 Å². The summed E-state index contributed by atoms with van der Waals surface area (Å²) >= 11 is 0. The van der Waals surface area contributed by atoms with Crippen molar-refractivity contribution in [3.63, 3.8) is 0 Å². The summed E-state index contributed by atoms with van der Waals surface area (Å²) in [5.41, 5.74) is 4.95. The van der Waals surface area contributed by atoms with Gasteiger partial charge in [-0.3, -0.25) is 0 Å². The molecule has 1 aliphatic heterocycles. The quantitative estimate of drug-likeness (QED) is 0.306. The number of allylic oxidation sites excluding steroid dienone is 4. The van der Waals surface area contributed by atoms with Crippen molar-refractivity contribution in [2.24, 2.45) is 0 Å². The number of hydrogen-bond donors (Lipinski definition) is 1. The molecule has 2 aromatic rings. The Hall–Kier alpha value is -3.57. The second-order valence-electron chi connectivity index (χ2n) is 11.2. The summed E-state index contributed by atoms with van der Waals surface area (Å²) in [6, 6.07) is 20.5. The van der Waals surface area contributed by atoms with E-state index >= 15 is 0 Å². The van der Waals surface area contributed by atoms with Crippen LogP contribution >= 0.6 is 0 Å². The zero-order valence-corrected chi connectivity index (χ0v) is 25.3. The number of likely N-dealkylation sites (tertiary alicyclic amines) is 1. The predicted molar refractivity (Wildman–Crippen MR) is 168 cm³/mol. The minimum absolute atomic E-state index is 0.219. The van der Waals surface area contributed by atoms with Crippen molar-refractivity contribution in [3.8, 4) is 0 Å². The number of amides is 1. The minimum Gasteiger partial charge on any atom is -0.444 e. The summed E-state index contributed by atoms with van der Waals surface area (Å²) in [5.74, 6) is 0. The fourth-order valence-electron chi connectivity index (χ4n) is 4.54. The molecule has 1 N–H and O–H groups in total. The Bertz CT molecular complexity index is 1130. The van der Waals surface area contributed by atoms with E-state index in [2.05, 4.69) is 61.5 Å². The number of ether oxygens (including phenoxy) is 2. The molecule has 5 heteroatoms. The first kappa shape index (κ1) is 32.6. The lowest BCUT2D eigenvalue weighted by Crippen LogP contribution is -2.44. The summed E-state index contributed by atoms with van der Waals surface area (Å²) in [5, 5.41) is 3.05. The van der Waals surface area contributed by atoms with Gasteiger partial charge in [-0.1, -0.05) is 97.6 Å². The highest BCUT2D eigenvalue weighted by molar-refractivity contribution is 5.74. The predicted octanol–water partition coefficient (Wildman–Crippen LogP) is 8.32. The van der Waals surface area contributed by atoms with Gasteiger partial charge in [0.05, 0.1) is 12.6 Å². The van der Waals surface area contributed by atoms with E-state index < -0.39 is 11.7 Å². The van der Waals surface area contributed by atoms with Crippen LogP contribution in [0, 0.1) is 0 Å². The molecule has 2 atom stereocenters. The maximum absolute atomic E-state index is 12.5. The zero-order chi connectivity index (χ0) is 29.5. The highest BCUT2D eigenvalue weighted by Gasteiger charge is 2.28. The molecule has 40 heavy (non-hydrogen) atoms. The number of rotatable bonds is 10. The number of nitrogens with one attached hydrogen (secondary N) is 1. The van der Waals surface area contributed by atoms with E-state index in [1.54, 1.807) is 7.11 Å². The Balaban J connectivity index is 0.000000526. The van der Waals surface area contributed by atoms with Gasteiger partial charge < -0.3 is 19.7 Å². The monoisotopic (exact) mass is 544 g/mol. The van der Waals surface area contributed by atoms with Crippen molar-refractivity contribution in [3.05, 3.63) is 114 Å². The Morgan fingerprint density at radius 1 is 1.10 bits per heavy atom. The molecule has 1 saturated heterocycles. The third-order valence-corrected chi connectivity index (χ3v) is 6.57. The van der Waals surface area contributed by atoms with Gasteiger partial charge in [-0.05, 0) is 70.6 Å². The van der Waals surface area contributed by atoms with Crippen LogP contribution < -0.4 is 5.32 Å². The van der Waals surface area contributed by atoms with Gasteiger partial charge in [-0.15, -0.1) is 0 Å². The molecule has 1 fully saturated rings. The van der Waals surface area contributed by atoms with Gasteiger partial charge in [-0.2, -0.15) is 0 Å². The molecular formula is C35H48N2O3. The second kappa shape index (κ2) is 16.5. The molecule has 0 radical (unpaired) electrons. The van der Waals surface area contributed by atoms with Gasteiger partial charge in [0.2, 0.25) is 0 Å². The molecule has 2 aromatic carbocycles. The third-order valence-electron chi connectivity index (χ3n) is 6.57. The summed E-state index contributed by atoms with van der Waals surface area (Å²) in [6.07, 6.45) is 8.58. The zero-order valence-electron chi connectivity index (χ0n) is 25.3. The smallest absolute Gasteiger partial charge is 0.408 e. The summed E-state index contributed by atoms with van der Waals surface area (Å²) in [6.45, 7) is 19.9. The average molecular weight is 545 g/mol. The number of carbonyl (C=O) groups is 1. The van der Waals surface area contributed by atoms with Crippen LogP contribution in [0.2, 0.25) is 0 Å². The van der Waals surface area contributed by atoms with Crippen molar-refractivity contribution >= 4 is 11.7 Å². The number of hydrogen-bond acceptors (Lipinski definition) is 4. The van der Waals surface area contributed by atoms with Gasteiger partial charge in [0.1, 0.15) is 5.60 Å². The van der Waals surface area contributed by atoms with E-state index in [0.29, 0.717) is 19.1 Å². The first-order chi connectivity index (χ1) is 19.0. The van der Waals surface area contributed by atoms with E-state index in [9.17, 15) is 4.79 Å². The maximum atomic E-state index is 12.5. The first-order valence-electron chi connectivity index (χ1n) is 14.1. The molecule has 0 spiro atoms. The van der Waals surface area contributed by atoms with Gasteiger partial charge in [0.15, 0.2) is 0 Å². The Labute approximate surface area is 242 Å². The Morgan fingerprint density at radius 2 is 1.73 bits per heavy atom. The molecule has 3 rings (SSSR count). The molecule has 0 bridgehead atoms. The van der Waals surface area contributed by atoms with Gasteiger partial charge >= 0.3 is 6.09 Å². The number of methoxy groups -OCH3 is 1. The fraction of sp³-hybridized carbons (Fsp3) is 0.400. The molecule has 5 nitrogen and oxygen atoms in total. The average Bonchev–Trinajstić information content (AvgIpc) is 3.34. The van der Waals surface area contributed by atoms with Crippen molar-refractivity contribution in [2.45, 2.75) is 78.2 Å². The Morgan fingerprint density at radius 3 is 2.25 bits per heavy atom. The van der Waals surface area contributed by atoms with E-state index in [1.165, 1.54) is 5.56 Å². The van der Waals surface area contributed by atoms with Crippen LogP contribution in [0.1, 0.15) is 65.0 Å². The van der Waals surface area contributed by atoms with E-state index in [0.717, 1.165) is 41.8 Å². The normalized spacial score (nSPS) is 16.4. The molecule has 0 aromatic heterocycles. The molecule has 1 amide bonds. The number of alkyl carbamates (subject to hydrolysis) is 1. The highest BCUT2D eigenvalue weighted by Crippen LogP contribution is 2.26. The fourth-order valence-corrected chi connectivity index (χ4v) is 4.54. The van der Waals surface area contributed by atoms with Crippen LogP contribution in [0.25, 0.3) is 5.57 Å². The van der Waals surface area contributed by atoms with Crippen molar-refractivity contribution < 1.29 is 14.3 Å². The van der Waals surface area contributed by atoms with Crippen LogP contribution in [0.4, 0.5) is 4.79 Å². The number of carbonyl (C=O) groups excluding carboxylic acids is 1. The van der Waals surface area contributed by atoms with Crippen LogP contribution in [0.5, 0.6) is 0 Å². The van der Waals surface area contributed by atoms with Crippen molar-refractivity contribution in [1.82, 2.24) is 10.2 Å². The summed E-state index contributed by atoms with van der Waals surface area (Å²) in [7, 11) is 1.70. The number of benzene rings is 2. The van der Waals surface area contributed by atoms with Gasteiger partial charge in [-0.25, -0.2) is 4.79 Å². The van der Waals surface area contributed by atoms with Crippen molar-refractivity contribution in [2.75, 3.05) is 13.7 Å². The topological polar surface area (TPSA) is 50.8 Å². The molecule has 1 heterocycles. The van der Waals surface area contributed by atoms with E-state index in [4.69, 9.17) is 9.47 Å². The van der Waals surface area contributed by atoms with E-state index in [-0.39, 0.29) is 6.04 Å². The first-order valence-corrected chi connectivity index (χ1v) is 14.1. The van der Waals surface area contributed by atoms with Crippen molar-refractivity contribution in [1.29, 1.82) is 0 Å². The van der Waals surface area contributed by atoms with Crippen LogP contribution in [0.15, 0.2) is 103 Å². The lowest BCUT2D eigenvalue weighted by Gasteiger charge is -2.33. The highest BCUT2D eigenvalue weighted by atomic mass is 16.6. The lowest BCUT2D eigenvalue weighted by atomic mass is 10.0. The molecular weight excluding hydrogens is 496 g/mol. The third kappa shape index (κ3) is 11.7. The maximum Gasteiger partial charge on any atom is 0.408 e. The summed E-state index contributed by atoms with van der Waals surface area (Å²) in [4.78, 5) is 14.8. The van der Waals surface area contributed by atoms with Crippen LogP contribution in [0.3, 0.4) is 0 Å².